The van der Waals surface area contributed by atoms with E-state index in [1.165, 1.54) is 0 Å². The molecule has 3 aromatic rings. The highest BCUT2D eigenvalue weighted by atomic mass is 16.5. The number of nitrogen functional groups attached to an aromatic ring is 1. The third-order valence-electron chi connectivity index (χ3n) is 3.70. The molecule has 0 saturated heterocycles. The minimum atomic E-state index is 0.713. The topological polar surface area (TPSA) is 69.9 Å². The maximum atomic E-state index is 6.02. The Morgan fingerprint density at radius 3 is 2.75 bits per heavy atom. The molecule has 0 spiro atoms. The van der Waals surface area contributed by atoms with E-state index in [1.54, 1.807) is 0 Å². The third-order valence-corrected chi connectivity index (χ3v) is 3.70. The number of hydrogen-bond donors (Lipinski definition) is 1. The van der Waals surface area contributed by atoms with Crippen LogP contribution in [0.4, 0.5) is 5.69 Å². The van der Waals surface area contributed by atoms with Crippen molar-refractivity contribution in [2.24, 2.45) is 0 Å². The van der Waals surface area contributed by atoms with Crippen LogP contribution >= 0.6 is 0 Å². The molecule has 20 heavy (non-hydrogen) atoms. The number of anilines is 1. The molecule has 0 aliphatic heterocycles. The molecule has 0 saturated carbocycles. The Bertz CT molecular complexity index is 750. The van der Waals surface area contributed by atoms with Crippen molar-refractivity contribution < 1.29 is 4.52 Å². The van der Waals surface area contributed by atoms with Crippen LogP contribution in [0.1, 0.15) is 29.8 Å². The lowest BCUT2D eigenvalue weighted by atomic mass is 10.2. The number of aryl methyl sites for hydroxylation is 3. The van der Waals surface area contributed by atoms with Crippen LogP contribution in [0.15, 0.2) is 22.7 Å². The van der Waals surface area contributed by atoms with Gasteiger partial charge in [-0.1, -0.05) is 18.1 Å². The van der Waals surface area contributed by atoms with Gasteiger partial charge in [0.05, 0.1) is 23.4 Å². The van der Waals surface area contributed by atoms with Crippen LogP contribution in [0.25, 0.3) is 11.0 Å². The van der Waals surface area contributed by atoms with E-state index in [1.807, 2.05) is 26.0 Å². The fraction of sp³-hybridized carbons (Fsp3) is 0.333. The second-order valence-corrected chi connectivity index (χ2v) is 4.99. The van der Waals surface area contributed by atoms with Crippen molar-refractivity contribution >= 4 is 16.7 Å². The maximum absolute atomic E-state index is 6.02. The summed E-state index contributed by atoms with van der Waals surface area (Å²) in [6, 6.07) is 5.90. The van der Waals surface area contributed by atoms with Gasteiger partial charge in [0.25, 0.3) is 0 Å². The fourth-order valence-corrected chi connectivity index (χ4v) is 2.55. The first kappa shape index (κ1) is 12.7. The Hall–Kier alpha value is -2.30. The zero-order valence-electron chi connectivity index (χ0n) is 12.0. The molecule has 2 heterocycles. The largest absolute Gasteiger partial charge is 0.397 e. The quantitative estimate of drug-likeness (QED) is 0.743. The van der Waals surface area contributed by atoms with Crippen LogP contribution in [0.2, 0.25) is 0 Å². The summed E-state index contributed by atoms with van der Waals surface area (Å²) in [5.74, 6) is 1.88. The summed E-state index contributed by atoms with van der Waals surface area (Å²) < 4.78 is 7.44. The van der Waals surface area contributed by atoms with Gasteiger partial charge in [-0.15, -0.1) is 0 Å². The normalized spacial score (nSPS) is 11.3. The molecule has 0 atom stereocenters. The molecule has 1 aromatic carbocycles. The minimum Gasteiger partial charge on any atom is -0.397 e. The Kier molecular flexibility index (Phi) is 2.97. The van der Waals surface area contributed by atoms with Crippen molar-refractivity contribution in [3.05, 3.63) is 41.0 Å². The van der Waals surface area contributed by atoms with Gasteiger partial charge in [-0.3, -0.25) is 0 Å². The molecule has 5 nitrogen and oxygen atoms in total. The van der Waals surface area contributed by atoms with Crippen LogP contribution in [-0.2, 0) is 13.0 Å². The van der Waals surface area contributed by atoms with Crippen molar-refractivity contribution in [1.82, 2.24) is 14.7 Å². The van der Waals surface area contributed by atoms with Crippen molar-refractivity contribution in [3.63, 3.8) is 0 Å². The zero-order valence-corrected chi connectivity index (χ0v) is 12.0. The molecular formula is C15H18N4O. The van der Waals surface area contributed by atoms with Gasteiger partial charge >= 0.3 is 0 Å². The minimum absolute atomic E-state index is 0.713. The summed E-state index contributed by atoms with van der Waals surface area (Å²) in [5, 5.41) is 4.02. The lowest BCUT2D eigenvalue weighted by Gasteiger charge is -2.08. The van der Waals surface area contributed by atoms with Gasteiger partial charge in [-0.25, -0.2) is 4.98 Å². The molecule has 5 heteroatoms. The summed E-state index contributed by atoms with van der Waals surface area (Å²) in [4.78, 5) is 4.66. The highest BCUT2D eigenvalue weighted by Crippen LogP contribution is 2.24. The van der Waals surface area contributed by atoms with Crippen LogP contribution < -0.4 is 5.73 Å². The standard InChI is InChI=1S/C15H18N4O/c1-4-14-17-15-12(16)6-5-7-13(15)19(14)8-11-9(2)18-20-10(11)3/h5-7H,4,8,16H2,1-3H3. The highest BCUT2D eigenvalue weighted by Gasteiger charge is 2.15. The van der Waals surface area contributed by atoms with Crippen molar-refractivity contribution in [3.8, 4) is 0 Å². The zero-order chi connectivity index (χ0) is 14.3. The van der Waals surface area contributed by atoms with E-state index < -0.39 is 0 Å². The van der Waals surface area contributed by atoms with Gasteiger partial charge < -0.3 is 14.8 Å². The lowest BCUT2D eigenvalue weighted by molar-refractivity contribution is 0.392. The van der Waals surface area contributed by atoms with Crippen LogP contribution in [-0.4, -0.2) is 14.7 Å². The average Bonchev–Trinajstić information content (AvgIpc) is 2.95. The van der Waals surface area contributed by atoms with Gasteiger partial charge in [0.15, 0.2) is 0 Å². The van der Waals surface area contributed by atoms with Gasteiger partial charge in [0.2, 0.25) is 0 Å². The molecule has 2 N–H and O–H groups in total. The number of hydrogen-bond acceptors (Lipinski definition) is 4. The average molecular weight is 270 g/mol. The third kappa shape index (κ3) is 1.86. The van der Waals surface area contributed by atoms with Crippen LogP contribution in [0.3, 0.4) is 0 Å². The fourth-order valence-electron chi connectivity index (χ4n) is 2.55. The van der Waals surface area contributed by atoms with E-state index in [2.05, 4.69) is 27.7 Å². The van der Waals surface area contributed by atoms with Crippen molar-refractivity contribution in [2.45, 2.75) is 33.7 Å². The molecule has 0 fully saturated rings. The lowest BCUT2D eigenvalue weighted by Crippen LogP contribution is -2.05. The van der Waals surface area contributed by atoms with Crippen molar-refractivity contribution in [1.29, 1.82) is 0 Å². The number of rotatable bonds is 3. The number of aromatic nitrogens is 3. The molecule has 0 bridgehead atoms. The van der Waals surface area contributed by atoms with E-state index in [9.17, 15) is 0 Å². The molecule has 0 amide bonds. The second-order valence-electron chi connectivity index (χ2n) is 4.99. The summed E-state index contributed by atoms with van der Waals surface area (Å²) in [6.45, 7) is 6.71. The summed E-state index contributed by atoms with van der Waals surface area (Å²) in [5.41, 5.74) is 10.7. The van der Waals surface area contributed by atoms with Gasteiger partial charge in [0, 0.05) is 12.0 Å². The maximum Gasteiger partial charge on any atom is 0.138 e. The first-order valence-corrected chi connectivity index (χ1v) is 6.77. The summed E-state index contributed by atoms with van der Waals surface area (Å²) >= 11 is 0. The SMILES string of the molecule is CCc1nc2c(N)cccc2n1Cc1c(C)noc1C. The van der Waals surface area contributed by atoms with Gasteiger partial charge in [-0.05, 0) is 26.0 Å². The highest BCUT2D eigenvalue weighted by molar-refractivity contribution is 5.87. The molecule has 104 valence electrons. The number of para-hydroxylation sites is 1. The molecule has 0 aliphatic rings. The predicted molar refractivity (Wildman–Crippen MR) is 78.6 cm³/mol. The smallest absolute Gasteiger partial charge is 0.138 e. The van der Waals surface area contributed by atoms with E-state index >= 15 is 0 Å². The van der Waals surface area contributed by atoms with E-state index in [4.69, 9.17) is 10.3 Å². The Morgan fingerprint density at radius 2 is 2.10 bits per heavy atom. The Balaban J connectivity index is 2.18. The van der Waals surface area contributed by atoms with Gasteiger partial charge in [-0.2, -0.15) is 0 Å². The molecule has 3 rings (SSSR count). The molecular weight excluding hydrogens is 252 g/mol. The Labute approximate surface area is 117 Å². The summed E-state index contributed by atoms with van der Waals surface area (Å²) in [7, 11) is 0. The first-order chi connectivity index (χ1) is 9.61. The monoisotopic (exact) mass is 270 g/mol. The predicted octanol–water partition coefficient (Wildman–Crippen LogP) is 2.83. The van der Waals surface area contributed by atoms with Crippen molar-refractivity contribution in [2.75, 3.05) is 5.73 Å². The van der Waals surface area contributed by atoms with E-state index in [0.29, 0.717) is 6.54 Å². The van der Waals surface area contributed by atoms with E-state index in [-0.39, 0.29) is 0 Å². The molecule has 2 aromatic heterocycles. The van der Waals surface area contributed by atoms with Crippen LogP contribution in [0, 0.1) is 13.8 Å². The van der Waals surface area contributed by atoms with Gasteiger partial charge in [0.1, 0.15) is 17.1 Å². The number of imidazole rings is 1. The molecule has 0 aliphatic carbocycles. The second kappa shape index (κ2) is 4.67. The number of nitrogens with two attached hydrogens (primary N) is 1. The van der Waals surface area contributed by atoms with E-state index in [0.717, 1.165) is 46.0 Å². The number of fused-ring (bicyclic) bond motifs is 1. The number of benzene rings is 1. The number of nitrogens with zero attached hydrogens (tertiary/aromatic N) is 3. The van der Waals surface area contributed by atoms with Crippen LogP contribution in [0.5, 0.6) is 0 Å². The Morgan fingerprint density at radius 1 is 1.30 bits per heavy atom. The molecule has 0 unspecified atom stereocenters. The molecule has 0 radical (unpaired) electrons. The first-order valence-electron chi connectivity index (χ1n) is 6.77. The summed E-state index contributed by atoms with van der Waals surface area (Å²) in [6.07, 6.45) is 0.859.